The first-order valence-corrected chi connectivity index (χ1v) is 6.04. The van der Waals surface area contributed by atoms with Crippen molar-refractivity contribution < 1.29 is 14.3 Å². The lowest BCUT2D eigenvalue weighted by molar-refractivity contribution is 0.0604. The molecule has 0 aliphatic carbocycles. The third-order valence-electron chi connectivity index (χ3n) is 2.19. The molecule has 2 aromatic rings. The van der Waals surface area contributed by atoms with E-state index in [0.29, 0.717) is 16.7 Å². The first-order valence-electron chi connectivity index (χ1n) is 4.43. The number of hydrogen-bond acceptors (Lipinski definition) is 4. The Morgan fingerprint density at radius 2 is 2.25 bits per heavy atom. The topological polar surface area (TPSA) is 43.4 Å². The Morgan fingerprint density at radius 3 is 2.88 bits per heavy atom. The summed E-state index contributed by atoms with van der Waals surface area (Å²) in [5.74, 6) is -0.477. The van der Waals surface area contributed by atoms with Crippen LogP contribution in [-0.2, 0) is 4.74 Å². The second-order valence-corrected chi connectivity index (χ2v) is 4.95. The highest BCUT2D eigenvalue weighted by molar-refractivity contribution is 9.10. The van der Waals surface area contributed by atoms with E-state index >= 15 is 0 Å². The molecule has 1 heterocycles. The summed E-state index contributed by atoms with van der Waals surface area (Å²) in [5.41, 5.74) is 0.396. The molecule has 0 unspecified atom stereocenters. The normalized spacial score (nSPS) is 10.4. The minimum atomic E-state index is -0.477. The molecule has 0 atom stereocenters. The Kier molecular flexibility index (Phi) is 3.07. The van der Waals surface area contributed by atoms with Crippen LogP contribution in [0.4, 0.5) is 0 Å². The molecular weight excluding hydrogens is 292 g/mol. The third kappa shape index (κ3) is 1.66. The van der Waals surface area contributed by atoms with E-state index in [9.17, 15) is 9.59 Å². The number of esters is 1. The Hall–Kier alpha value is -1.20. The van der Waals surface area contributed by atoms with E-state index < -0.39 is 5.97 Å². The number of aldehydes is 1. The van der Waals surface area contributed by atoms with Crippen LogP contribution in [0.1, 0.15) is 20.0 Å². The smallest absolute Gasteiger partial charge is 0.348 e. The molecule has 0 saturated heterocycles. The maximum absolute atomic E-state index is 11.5. The van der Waals surface area contributed by atoms with Gasteiger partial charge in [0.25, 0.3) is 0 Å². The SMILES string of the molecule is COC(=O)c1sc2c(Br)cccc2c1C=O. The van der Waals surface area contributed by atoms with Crippen molar-refractivity contribution >= 4 is 49.6 Å². The number of fused-ring (bicyclic) bond motifs is 1. The van der Waals surface area contributed by atoms with E-state index in [4.69, 9.17) is 0 Å². The maximum atomic E-state index is 11.5. The average molecular weight is 299 g/mol. The number of ether oxygens (including phenoxy) is 1. The van der Waals surface area contributed by atoms with Gasteiger partial charge in [-0.3, -0.25) is 4.79 Å². The summed E-state index contributed by atoms with van der Waals surface area (Å²) < 4.78 is 6.39. The molecule has 0 N–H and O–H groups in total. The van der Waals surface area contributed by atoms with Gasteiger partial charge >= 0.3 is 5.97 Å². The van der Waals surface area contributed by atoms with Crippen LogP contribution < -0.4 is 0 Å². The number of rotatable bonds is 2. The Balaban J connectivity index is 2.81. The zero-order chi connectivity index (χ0) is 11.7. The van der Waals surface area contributed by atoms with Gasteiger partial charge in [0.2, 0.25) is 0 Å². The van der Waals surface area contributed by atoms with Crippen LogP contribution >= 0.6 is 27.3 Å². The highest BCUT2D eigenvalue weighted by Crippen LogP contribution is 2.35. The number of carbonyl (C=O) groups is 2. The van der Waals surface area contributed by atoms with Crippen LogP contribution in [-0.4, -0.2) is 19.4 Å². The van der Waals surface area contributed by atoms with Gasteiger partial charge in [-0.25, -0.2) is 4.79 Å². The van der Waals surface area contributed by atoms with Crippen LogP contribution in [0.5, 0.6) is 0 Å². The molecule has 3 nitrogen and oxygen atoms in total. The lowest BCUT2D eigenvalue weighted by atomic mass is 10.1. The van der Waals surface area contributed by atoms with Crippen molar-refractivity contribution in [3.05, 3.63) is 33.1 Å². The molecule has 0 amide bonds. The molecule has 5 heteroatoms. The van der Waals surface area contributed by atoms with E-state index in [0.717, 1.165) is 14.6 Å². The van der Waals surface area contributed by atoms with Gasteiger partial charge in [0.05, 0.1) is 11.8 Å². The average Bonchev–Trinajstić information content (AvgIpc) is 2.68. The summed E-state index contributed by atoms with van der Waals surface area (Å²) in [6, 6.07) is 5.51. The predicted octanol–water partition coefficient (Wildman–Crippen LogP) is 3.26. The highest BCUT2D eigenvalue weighted by Gasteiger charge is 2.19. The number of carbonyl (C=O) groups excluding carboxylic acids is 2. The van der Waals surface area contributed by atoms with Gasteiger partial charge in [-0.2, -0.15) is 0 Å². The van der Waals surface area contributed by atoms with Gasteiger partial charge in [-0.1, -0.05) is 12.1 Å². The Labute approximate surface area is 104 Å². The first kappa shape index (κ1) is 11.3. The van der Waals surface area contributed by atoms with Crippen LogP contribution in [0.3, 0.4) is 0 Å². The van der Waals surface area contributed by atoms with Crippen molar-refractivity contribution in [2.45, 2.75) is 0 Å². The molecule has 0 saturated carbocycles. The van der Waals surface area contributed by atoms with Crippen molar-refractivity contribution in [1.82, 2.24) is 0 Å². The lowest BCUT2D eigenvalue weighted by Crippen LogP contribution is -2.01. The molecule has 1 aromatic heterocycles. The van der Waals surface area contributed by atoms with Crippen LogP contribution in [0.15, 0.2) is 22.7 Å². The largest absolute Gasteiger partial charge is 0.465 e. The lowest BCUT2D eigenvalue weighted by Gasteiger charge is -1.94. The Bertz CT molecular complexity index is 574. The van der Waals surface area contributed by atoms with Crippen molar-refractivity contribution in [3.63, 3.8) is 0 Å². The van der Waals surface area contributed by atoms with E-state index in [-0.39, 0.29) is 0 Å². The number of benzene rings is 1. The molecule has 82 valence electrons. The van der Waals surface area contributed by atoms with Gasteiger partial charge in [-0.15, -0.1) is 11.3 Å². The molecule has 0 aliphatic rings. The molecule has 16 heavy (non-hydrogen) atoms. The molecule has 0 fully saturated rings. The summed E-state index contributed by atoms with van der Waals surface area (Å²) in [7, 11) is 1.30. The zero-order valence-electron chi connectivity index (χ0n) is 8.32. The van der Waals surface area contributed by atoms with Crippen LogP contribution in [0.25, 0.3) is 10.1 Å². The summed E-state index contributed by atoms with van der Waals surface area (Å²) in [5, 5.41) is 0.773. The Morgan fingerprint density at radius 1 is 1.50 bits per heavy atom. The third-order valence-corrected chi connectivity index (χ3v) is 4.35. The fourth-order valence-electron chi connectivity index (χ4n) is 1.47. The summed E-state index contributed by atoms with van der Waals surface area (Å²) in [6.45, 7) is 0. The number of methoxy groups -OCH3 is 1. The summed E-state index contributed by atoms with van der Waals surface area (Å²) in [6.07, 6.45) is 0.692. The van der Waals surface area contributed by atoms with Gasteiger partial charge in [0, 0.05) is 15.4 Å². The molecule has 0 radical (unpaired) electrons. The minimum absolute atomic E-state index is 0.347. The highest BCUT2D eigenvalue weighted by atomic mass is 79.9. The molecule has 0 spiro atoms. The fourth-order valence-corrected chi connectivity index (χ4v) is 3.17. The molecule has 1 aromatic carbocycles. The second-order valence-electron chi connectivity index (χ2n) is 3.07. The minimum Gasteiger partial charge on any atom is -0.465 e. The predicted molar refractivity (Wildman–Crippen MR) is 66.3 cm³/mol. The zero-order valence-corrected chi connectivity index (χ0v) is 10.7. The quantitative estimate of drug-likeness (QED) is 0.631. The van der Waals surface area contributed by atoms with E-state index in [2.05, 4.69) is 20.7 Å². The van der Waals surface area contributed by atoms with Gasteiger partial charge in [-0.05, 0) is 22.0 Å². The van der Waals surface area contributed by atoms with E-state index in [1.165, 1.54) is 18.4 Å². The fraction of sp³-hybridized carbons (Fsp3) is 0.0909. The monoisotopic (exact) mass is 298 g/mol. The van der Waals surface area contributed by atoms with Gasteiger partial charge in [0.1, 0.15) is 4.88 Å². The van der Waals surface area contributed by atoms with Crippen LogP contribution in [0.2, 0.25) is 0 Å². The van der Waals surface area contributed by atoms with E-state index in [1.54, 1.807) is 0 Å². The standard InChI is InChI=1S/C11H7BrO3S/c1-15-11(14)10-7(5-13)6-3-2-4-8(12)9(6)16-10/h2-5H,1H3. The number of halogens is 1. The maximum Gasteiger partial charge on any atom is 0.348 e. The van der Waals surface area contributed by atoms with Crippen molar-refractivity contribution in [1.29, 1.82) is 0 Å². The first-order chi connectivity index (χ1) is 7.69. The van der Waals surface area contributed by atoms with Gasteiger partial charge in [0.15, 0.2) is 6.29 Å². The number of hydrogen-bond donors (Lipinski definition) is 0. The van der Waals surface area contributed by atoms with Crippen molar-refractivity contribution in [2.24, 2.45) is 0 Å². The summed E-state index contributed by atoms with van der Waals surface area (Å²) >= 11 is 4.64. The second kappa shape index (κ2) is 4.35. The number of thiophene rings is 1. The van der Waals surface area contributed by atoms with Crippen molar-refractivity contribution in [3.8, 4) is 0 Å². The molecule has 0 bridgehead atoms. The van der Waals surface area contributed by atoms with Crippen LogP contribution in [0, 0.1) is 0 Å². The molecule has 0 aliphatic heterocycles. The van der Waals surface area contributed by atoms with E-state index in [1.807, 2.05) is 18.2 Å². The molecular formula is C11H7BrO3S. The van der Waals surface area contributed by atoms with Crippen molar-refractivity contribution in [2.75, 3.05) is 7.11 Å². The summed E-state index contributed by atoms with van der Waals surface area (Å²) in [4.78, 5) is 22.9. The van der Waals surface area contributed by atoms with Gasteiger partial charge < -0.3 is 4.74 Å². The molecule has 2 rings (SSSR count).